The number of aromatic nitrogens is 1. The summed E-state index contributed by atoms with van der Waals surface area (Å²) < 4.78 is 34.5. The van der Waals surface area contributed by atoms with Gasteiger partial charge in [-0.15, -0.1) is 0 Å². The molecule has 140 valence electrons. The normalized spacial score (nSPS) is 23.1. The van der Waals surface area contributed by atoms with Crippen molar-refractivity contribution in [3.05, 3.63) is 35.0 Å². The molecule has 0 bridgehead atoms. The van der Waals surface area contributed by atoms with Crippen LogP contribution in [0.15, 0.2) is 24.4 Å². The fraction of sp³-hybridized carbons (Fsp3) is 0.550. The number of carbonyl (C=O) groups excluding carboxylic acids is 1. The van der Waals surface area contributed by atoms with Crippen molar-refractivity contribution >= 4 is 28.3 Å². The number of hydrogen-bond acceptors (Lipinski definition) is 2. The highest BCUT2D eigenvalue weighted by molar-refractivity contribution is 6.37. The molecule has 1 atom stereocenters. The van der Waals surface area contributed by atoms with Crippen LogP contribution in [0.1, 0.15) is 54.9 Å². The van der Waals surface area contributed by atoms with E-state index < -0.39 is 5.92 Å². The molecule has 1 saturated heterocycles. The van der Waals surface area contributed by atoms with Gasteiger partial charge in [0.15, 0.2) is 5.78 Å². The lowest BCUT2D eigenvalue weighted by Gasteiger charge is -2.28. The third-order valence-electron chi connectivity index (χ3n) is 5.64. The Morgan fingerprint density at radius 2 is 2.15 bits per heavy atom. The number of nitrogens with zero attached hydrogens (tertiary/aromatic N) is 1. The molecule has 3 nitrogen and oxygen atoms in total. The number of hydrogen-bond donors (Lipinski definition) is 0. The Kier molecular flexibility index (Phi) is 4.78. The predicted molar refractivity (Wildman–Crippen MR) is 97.3 cm³/mol. The van der Waals surface area contributed by atoms with Crippen LogP contribution in [0.5, 0.6) is 0 Å². The van der Waals surface area contributed by atoms with Crippen LogP contribution in [0.4, 0.5) is 8.78 Å². The Morgan fingerprint density at radius 1 is 1.35 bits per heavy atom. The van der Waals surface area contributed by atoms with Gasteiger partial charge in [-0.2, -0.15) is 0 Å². The number of Topliss-reactive ketones (excluding diaryl/α,β-unsaturated/α-hetero) is 1. The average Bonchev–Trinajstić information content (AvgIpc) is 2.91. The molecule has 0 N–H and O–H groups in total. The van der Waals surface area contributed by atoms with Gasteiger partial charge in [-0.3, -0.25) is 4.79 Å². The second-order valence-electron chi connectivity index (χ2n) is 7.56. The van der Waals surface area contributed by atoms with E-state index in [1.54, 1.807) is 6.07 Å². The Labute approximate surface area is 156 Å². The fourth-order valence-electron chi connectivity index (χ4n) is 4.16. The minimum Gasteiger partial charge on any atom is -0.377 e. The second-order valence-corrected chi connectivity index (χ2v) is 7.96. The minimum absolute atomic E-state index is 0.0176. The molecule has 1 saturated carbocycles. The third-order valence-corrected chi connectivity index (χ3v) is 5.96. The predicted octanol–water partition coefficient (Wildman–Crippen LogP) is 5.65. The maximum Gasteiger partial charge on any atom is 0.248 e. The molecule has 26 heavy (non-hydrogen) atoms. The maximum atomic E-state index is 13.6. The van der Waals surface area contributed by atoms with E-state index in [-0.39, 0.29) is 37.0 Å². The molecule has 1 aliphatic carbocycles. The van der Waals surface area contributed by atoms with Crippen LogP contribution in [-0.2, 0) is 4.74 Å². The van der Waals surface area contributed by atoms with E-state index in [0.29, 0.717) is 36.6 Å². The van der Waals surface area contributed by atoms with Gasteiger partial charge in [-0.05, 0) is 30.9 Å². The molecule has 2 aliphatic rings. The van der Waals surface area contributed by atoms with Gasteiger partial charge in [0.05, 0.1) is 29.8 Å². The summed E-state index contributed by atoms with van der Waals surface area (Å²) in [5, 5.41) is 1.31. The molecule has 1 aromatic carbocycles. The SMILES string of the molecule is O=C(CCC1CCCC(F)(F)C1)c1cn(C2COC2)c2cccc(Cl)c12. The van der Waals surface area contributed by atoms with E-state index >= 15 is 0 Å². The molecule has 0 spiro atoms. The number of rotatable bonds is 5. The zero-order valence-corrected chi connectivity index (χ0v) is 15.3. The van der Waals surface area contributed by atoms with Gasteiger partial charge < -0.3 is 9.30 Å². The van der Waals surface area contributed by atoms with Gasteiger partial charge in [0, 0.05) is 36.4 Å². The van der Waals surface area contributed by atoms with Gasteiger partial charge in [-0.25, -0.2) is 8.78 Å². The van der Waals surface area contributed by atoms with Crippen LogP contribution in [0.25, 0.3) is 10.9 Å². The molecule has 6 heteroatoms. The summed E-state index contributed by atoms with van der Waals surface area (Å²) in [5.74, 6) is -2.67. The Hall–Kier alpha value is -1.46. The number of benzene rings is 1. The third kappa shape index (κ3) is 3.39. The van der Waals surface area contributed by atoms with E-state index in [9.17, 15) is 13.6 Å². The lowest BCUT2D eigenvalue weighted by molar-refractivity contribution is -0.0535. The van der Waals surface area contributed by atoms with Gasteiger partial charge in [-0.1, -0.05) is 24.1 Å². The minimum atomic E-state index is -2.57. The van der Waals surface area contributed by atoms with Crippen molar-refractivity contribution in [1.29, 1.82) is 0 Å². The number of halogens is 3. The van der Waals surface area contributed by atoms with Crippen LogP contribution in [-0.4, -0.2) is 29.5 Å². The highest BCUT2D eigenvalue weighted by Gasteiger charge is 2.36. The zero-order valence-electron chi connectivity index (χ0n) is 14.5. The van der Waals surface area contributed by atoms with E-state index in [1.165, 1.54) is 0 Å². The summed E-state index contributed by atoms with van der Waals surface area (Å²) in [4.78, 5) is 12.9. The van der Waals surface area contributed by atoms with Gasteiger partial charge in [0.1, 0.15) is 0 Å². The van der Waals surface area contributed by atoms with Crippen LogP contribution in [0, 0.1) is 5.92 Å². The topological polar surface area (TPSA) is 31.2 Å². The summed E-state index contributed by atoms with van der Waals surface area (Å²) in [5.41, 5.74) is 1.53. The molecule has 1 unspecified atom stereocenters. The molecule has 4 rings (SSSR count). The summed E-state index contributed by atoms with van der Waals surface area (Å²) in [6.07, 6.45) is 3.86. The van der Waals surface area contributed by atoms with Crippen molar-refractivity contribution in [3.8, 4) is 0 Å². The van der Waals surface area contributed by atoms with Gasteiger partial charge >= 0.3 is 0 Å². The first-order valence-corrected chi connectivity index (χ1v) is 9.60. The molecule has 2 fully saturated rings. The molecule has 1 aliphatic heterocycles. The van der Waals surface area contributed by atoms with Crippen molar-refractivity contribution in [2.75, 3.05) is 13.2 Å². The standard InChI is InChI=1S/C20H22ClF2NO2/c21-16-4-1-5-17-19(16)15(10-24(17)14-11-26-12-14)18(25)7-6-13-3-2-8-20(22,23)9-13/h1,4-5,10,13-14H,2-3,6-9,11-12H2. The van der Waals surface area contributed by atoms with Crippen molar-refractivity contribution in [2.24, 2.45) is 5.92 Å². The number of carbonyl (C=O) groups is 1. The molecule has 2 heterocycles. The summed E-state index contributed by atoms with van der Waals surface area (Å²) in [6, 6.07) is 5.83. The highest BCUT2D eigenvalue weighted by Crippen LogP contribution is 2.39. The summed E-state index contributed by atoms with van der Waals surface area (Å²) >= 11 is 6.38. The molecule has 2 aromatic rings. The zero-order chi connectivity index (χ0) is 18.3. The fourth-order valence-corrected chi connectivity index (χ4v) is 4.43. The Bertz CT molecular complexity index is 829. The maximum absolute atomic E-state index is 13.6. The number of fused-ring (bicyclic) bond motifs is 1. The van der Waals surface area contributed by atoms with E-state index in [2.05, 4.69) is 4.57 Å². The molecular weight excluding hydrogens is 360 g/mol. The van der Waals surface area contributed by atoms with Crippen LogP contribution in [0.2, 0.25) is 5.02 Å². The smallest absolute Gasteiger partial charge is 0.248 e. The first-order chi connectivity index (χ1) is 12.4. The molecule has 0 radical (unpaired) electrons. The lowest BCUT2D eigenvalue weighted by Crippen LogP contribution is -2.30. The lowest BCUT2D eigenvalue weighted by atomic mass is 9.83. The first-order valence-electron chi connectivity index (χ1n) is 9.22. The Balaban J connectivity index is 1.55. The van der Waals surface area contributed by atoms with Crippen LogP contribution in [0.3, 0.4) is 0 Å². The largest absolute Gasteiger partial charge is 0.377 e. The quantitative estimate of drug-likeness (QED) is 0.626. The van der Waals surface area contributed by atoms with Crippen LogP contribution >= 0.6 is 11.6 Å². The van der Waals surface area contributed by atoms with E-state index in [4.69, 9.17) is 16.3 Å². The van der Waals surface area contributed by atoms with Crippen molar-refractivity contribution < 1.29 is 18.3 Å². The number of ketones is 1. The first kappa shape index (κ1) is 17.9. The monoisotopic (exact) mass is 381 g/mol. The summed E-state index contributed by atoms with van der Waals surface area (Å²) in [7, 11) is 0. The summed E-state index contributed by atoms with van der Waals surface area (Å²) in [6.45, 7) is 1.25. The van der Waals surface area contributed by atoms with Gasteiger partial charge in [0.25, 0.3) is 0 Å². The second kappa shape index (κ2) is 6.93. The number of ether oxygens (including phenoxy) is 1. The van der Waals surface area contributed by atoms with E-state index in [1.807, 2.05) is 18.3 Å². The van der Waals surface area contributed by atoms with Crippen molar-refractivity contribution in [2.45, 2.75) is 50.5 Å². The molecule has 0 amide bonds. The molecular formula is C20H22ClF2NO2. The number of alkyl halides is 2. The van der Waals surface area contributed by atoms with Crippen molar-refractivity contribution in [3.63, 3.8) is 0 Å². The van der Waals surface area contributed by atoms with E-state index in [0.717, 1.165) is 17.3 Å². The Morgan fingerprint density at radius 3 is 2.85 bits per heavy atom. The van der Waals surface area contributed by atoms with Crippen LogP contribution < -0.4 is 0 Å². The van der Waals surface area contributed by atoms with Gasteiger partial charge in [0.2, 0.25) is 5.92 Å². The average molecular weight is 382 g/mol. The molecule has 1 aromatic heterocycles. The van der Waals surface area contributed by atoms with Crippen molar-refractivity contribution in [1.82, 2.24) is 4.57 Å². The highest BCUT2D eigenvalue weighted by atomic mass is 35.5.